The van der Waals surface area contributed by atoms with E-state index in [1.54, 1.807) is 6.33 Å². The molecule has 2 rings (SSSR count). The van der Waals surface area contributed by atoms with E-state index in [4.69, 9.17) is 30.6 Å². The number of carbonyl (C=O) groups is 2. The molecule has 5 atom stereocenters. The van der Waals surface area contributed by atoms with E-state index in [1.807, 2.05) is 12.4 Å². The van der Waals surface area contributed by atoms with Gasteiger partial charge in [0.05, 0.1) is 0 Å². The van der Waals surface area contributed by atoms with Crippen molar-refractivity contribution in [3.05, 3.63) is 30.4 Å². The van der Waals surface area contributed by atoms with Crippen LogP contribution in [0.15, 0.2) is 24.8 Å². The first-order valence-corrected chi connectivity index (χ1v) is 8.05. The van der Waals surface area contributed by atoms with E-state index < -0.39 is 36.4 Å². The van der Waals surface area contributed by atoms with Crippen molar-refractivity contribution in [2.75, 3.05) is 13.1 Å². The number of nitrogens with zero attached hydrogens (tertiary/aromatic N) is 2. The van der Waals surface area contributed by atoms with Crippen molar-refractivity contribution in [1.82, 2.24) is 15.3 Å². The van der Waals surface area contributed by atoms with Crippen LogP contribution in [-0.2, 0) is 9.59 Å². The summed E-state index contributed by atoms with van der Waals surface area (Å²) in [7, 11) is 0. The van der Waals surface area contributed by atoms with Gasteiger partial charge in [-0.2, -0.15) is 0 Å². The summed E-state index contributed by atoms with van der Waals surface area (Å²) in [5.41, 5.74) is 1.08. The SMILES string of the molecule is C(=C\[C@@H]1CCNC1)/c1cncnc1.O=C(O)[C@@H](O)[C@H](O)[C@H](O)[C@@H](O)C(=O)O. The summed E-state index contributed by atoms with van der Waals surface area (Å²) in [5.74, 6) is -3.00. The first-order chi connectivity index (χ1) is 12.7. The van der Waals surface area contributed by atoms with Crippen LogP contribution in [0.1, 0.15) is 12.0 Å². The second-order valence-corrected chi connectivity index (χ2v) is 5.83. The Balaban J connectivity index is 0.000000270. The molecule has 0 radical (unpaired) electrons. The Kier molecular flexibility index (Phi) is 9.47. The van der Waals surface area contributed by atoms with Crippen LogP contribution in [-0.4, -0.2) is 90.1 Å². The van der Waals surface area contributed by atoms with E-state index in [1.165, 1.54) is 6.42 Å². The highest BCUT2D eigenvalue weighted by atomic mass is 16.4. The summed E-state index contributed by atoms with van der Waals surface area (Å²) in [6.45, 7) is 2.24. The van der Waals surface area contributed by atoms with Crippen molar-refractivity contribution < 1.29 is 40.2 Å². The molecule has 0 aliphatic carbocycles. The van der Waals surface area contributed by atoms with Gasteiger partial charge < -0.3 is 36.0 Å². The Morgan fingerprint density at radius 2 is 1.56 bits per heavy atom. The molecule has 0 amide bonds. The maximum atomic E-state index is 10.1. The minimum atomic E-state index is -2.36. The Labute approximate surface area is 154 Å². The van der Waals surface area contributed by atoms with Crippen LogP contribution < -0.4 is 5.32 Å². The van der Waals surface area contributed by atoms with Crippen molar-refractivity contribution in [3.8, 4) is 0 Å². The molecule has 11 heteroatoms. The van der Waals surface area contributed by atoms with Crippen molar-refractivity contribution in [2.24, 2.45) is 5.92 Å². The maximum Gasteiger partial charge on any atom is 0.335 e. The molecule has 27 heavy (non-hydrogen) atoms. The van der Waals surface area contributed by atoms with Crippen molar-refractivity contribution in [1.29, 1.82) is 0 Å². The zero-order valence-electron chi connectivity index (χ0n) is 14.3. The van der Waals surface area contributed by atoms with E-state index in [0.717, 1.165) is 18.7 Å². The monoisotopic (exact) mass is 385 g/mol. The third kappa shape index (κ3) is 7.76. The zero-order chi connectivity index (χ0) is 20.4. The second kappa shape index (κ2) is 11.3. The summed E-state index contributed by atoms with van der Waals surface area (Å²) in [4.78, 5) is 28.1. The molecular weight excluding hydrogens is 362 g/mol. The number of aliphatic hydroxyl groups excluding tert-OH is 4. The van der Waals surface area contributed by atoms with Gasteiger partial charge in [-0.1, -0.05) is 12.2 Å². The molecule has 150 valence electrons. The fraction of sp³-hybridized carbons (Fsp3) is 0.500. The summed E-state index contributed by atoms with van der Waals surface area (Å²) in [5, 5.41) is 54.8. The third-order valence-corrected chi connectivity index (χ3v) is 3.74. The molecule has 0 bridgehead atoms. The molecule has 0 unspecified atom stereocenters. The van der Waals surface area contributed by atoms with E-state index in [0.29, 0.717) is 5.92 Å². The van der Waals surface area contributed by atoms with Gasteiger partial charge in [0.25, 0.3) is 0 Å². The average molecular weight is 385 g/mol. The number of rotatable bonds is 7. The molecule has 1 saturated heterocycles. The molecule has 2 heterocycles. The number of carboxylic acids is 2. The molecule has 11 nitrogen and oxygen atoms in total. The third-order valence-electron chi connectivity index (χ3n) is 3.74. The highest BCUT2D eigenvalue weighted by Gasteiger charge is 2.37. The van der Waals surface area contributed by atoms with Gasteiger partial charge in [-0.05, 0) is 18.9 Å². The minimum Gasteiger partial charge on any atom is -0.479 e. The highest BCUT2D eigenvalue weighted by Crippen LogP contribution is 2.10. The fourth-order valence-corrected chi connectivity index (χ4v) is 2.15. The molecule has 7 N–H and O–H groups in total. The molecule has 1 aliphatic heterocycles. The molecule has 1 aliphatic rings. The van der Waals surface area contributed by atoms with Gasteiger partial charge in [0.2, 0.25) is 0 Å². The molecule has 1 fully saturated rings. The van der Waals surface area contributed by atoms with E-state index in [2.05, 4.69) is 27.4 Å². The van der Waals surface area contributed by atoms with E-state index in [9.17, 15) is 9.59 Å². The zero-order valence-corrected chi connectivity index (χ0v) is 14.3. The van der Waals surface area contributed by atoms with E-state index >= 15 is 0 Å². The highest BCUT2D eigenvalue weighted by molar-refractivity contribution is 5.75. The summed E-state index contributed by atoms with van der Waals surface area (Å²) >= 11 is 0. The Bertz CT molecular complexity index is 597. The molecule has 1 aromatic rings. The molecule has 0 spiro atoms. The Morgan fingerprint density at radius 3 is 1.96 bits per heavy atom. The quantitative estimate of drug-likeness (QED) is 0.267. The Hall–Kier alpha value is -2.44. The minimum absolute atomic E-state index is 0.681. The van der Waals surface area contributed by atoms with Crippen LogP contribution in [0.3, 0.4) is 0 Å². The maximum absolute atomic E-state index is 10.1. The normalized spacial score (nSPS) is 21.0. The lowest BCUT2D eigenvalue weighted by atomic mass is 10.0. The average Bonchev–Trinajstić information content (AvgIpc) is 3.18. The number of nitrogens with one attached hydrogen (secondary N) is 1. The standard InChI is InChI=1S/C10H13N3.C6H10O8/c1(9-3-4-11-5-9)2-10-6-12-8-13-7-10;7-1(3(9)5(11)12)2(8)4(10)6(13)14/h1-2,6-9,11H,3-5H2;1-4,7-10H,(H,11,12)(H,13,14)/b2-1+;/t9-;1-,2+,3+,4-/m1./s1. The fourth-order valence-electron chi connectivity index (χ4n) is 2.15. The molecule has 0 aromatic carbocycles. The lowest BCUT2D eigenvalue weighted by Crippen LogP contribution is -2.49. The van der Waals surface area contributed by atoms with Crippen LogP contribution in [0.5, 0.6) is 0 Å². The van der Waals surface area contributed by atoms with Gasteiger partial charge in [-0.25, -0.2) is 19.6 Å². The first kappa shape index (κ1) is 22.6. The summed E-state index contributed by atoms with van der Waals surface area (Å²) in [6, 6.07) is 0. The number of aliphatic hydroxyl groups is 4. The molecular formula is C16H23N3O8. The topological polar surface area (TPSA) is 193 Å². The second-order valence-electron chi connectivity index (χ2n) is 5.83. The van der Waals surface area contributed by atoms with Crippen molar-refractivity contribution in [3.63, 3.8) is 0 Å². The van der Waals surface area contributed by atoms with E-state index in [-0.39, 0.29) is 0 Å². The van der Waals surface area contributed by atoms with Gasteiger partial charge in [-0.15, -0.1) is 0 Å². The van der Waals surface area contributed by atoms with Gasteiger partial charge in [0.1, 0.15) is 18.5 Å². The largest absolute Gasteiger partial charge is 0.479 e. The molecule has 0 saturated carbocycles. The van der Waals surface area contributed by atoms with Crippen molar-refractivity contribution in [2.45, 2.75) is 30.8 Å². The number of hydrogen-bond acceptors (Lipinski definition) is 9. The number of carboxylic acid groups (broad SMARTS) is 2. The summed E-state index contributed by atoms with van der Waals surface area (Å²) < 4.78 is 0. The smallest absolute Gasteiger partial charge is 0.335 e. The number of aromatic nitrogens is 2. The van der Waals surface area contributed by atoms with Crippen molar-refractivity contribution >= 4 is 18.0 Å². The van der Waals surface area contributed by atoms with Crippen LogP contribution in [0.4, 0.5) is 0 Å². The van der Waals surface area contributed by atoms with Gasteiger partial charge in [0, 0.05) is 24.5 Å². The van der Waals surface area contributed by atoms with Crippen LogP contribution in [0.2, 0.25) is 0 Å². The predicted molar refractivity (Wildman–Crippen MR) is 91.3 cm³/mol. The number of aliphatic carboxylic acids is 2. The van der Waals surface area contributed by atoms with Gasteiger partial charge >= 0.3 is 11.9 Å². The van der Waals surface area contributed by atoms with Gasteiger partial charge in [-0.3, -0.25) is 0 Å². The van der Waals surface area contributed by atoms with Crippen LogP contribution in [0.25, 0.3) is 6.08 Å². The van der Waals surface area contributed by atoms with Crippen LogP contribution in [0, 0.1) is 5.92 Å². The van der Waals surface area contributed by atoms with Gasteiger partial charge in [0.15, 0.2) is 12.2 Å². The summed E-state index contributed by atoms with van der Waals surface area (Å²) in [6.07, 6.45) is 1.49. The number of hydrogen-bond donors (Lipinski definition) is 7. The Morgan fingerprint density at radius 1 is 1.04 bits per heavy atom. The lowest BCUT2D eigenvalue weighted by molar-refractivity contribution is -0.172. The predicted octanol–water partition coefficient (Wildman–Crippen LogP) is -2.30. The lowest BCUT2D eigenvalue weighted by Gasteiger charge is -2.21. The first-order valence-electron chi connectivity index (χ1n) is 8.05. The molecule has 1 aromatic heterocycles. The van der Waals surface area contributed by atoms with Crippen LogP contribution >= 0.6 is 0 Å².